The lowest BCUT2D eigenvalue weighted by molar-refractivity contribution is -0.146. The lowest BCUT2D eigenvalue weighted by Gasteiger charge is -2.12. The smallest absolute Gasteiger partial charge is 0.460 e. The van der Waals surface area contributed by atoms with E-state index in [9.17, 15) is 19.2 Å². The van der Waals surface area contributed by atoms with Crippen LogP contribution < -0.4 is 21.8 Å². The highest BCUT2D eigenvalue weighted by Gasteiger charge is 2.17. The molecule has 10 nitrogen and oxygen atoms in total. The number of esters is 1. The second-order valence-corrected chi connectivity index (χ2v) is 7.21. The lowest BCUT2D eigenvalue weighted by atomic mass is 10.1. The molecule has 1 aromatic heterocycles. The molecule has 3 aromatic rings. The first-order valence-corrected chi connectivity index (χ1v) is 10.3. The van der Waals surface area contributed by atoms with Crippen molar-refractivity contribution in [1.82, 2.24) is 4.57 Å². The predicted octanol–water partition coefficient (Wildman–Crippen LogP) is 2.34. The molecule has 2 N–H and O–H groups in total. The molecule has 0 bridgehead atoms. The molecule has 0 spiro atoms. The largest absolute Gasteiger partial charge is 0.513 e. The van der Waals surface area contributed by atoms with Crippen LogP contribution in [0.3, 0.4) is 0 Å². The lowest BCUT2D eigenvalue weighted by Crippen LogP contribution is -2.34. The molecule has 0 aliphatic carbocycles. The van der Waals surface area contributed by atoms with Crippen LogP contribution in [-0.2, 0) is 27.4 Å². The predicted molar refractivity (Wildman–Crippen MR) is 118 cm³/mol. The highest BCUT2D eigenvalue weighted by molar-refractivity contribution is 5.83. The summed E-state index contributed by atoms with van der Waals surface area (Å²) < 4.78 is 20.7. The van der Waals surface area contributed by atoms with E-state index >= 15 is 0 Å². The SMILES string of the molecule is COC(=O)Oc1cccc2c(=O)n(CCCCC(N)C(=O)OCc3ccccc3)c(=O)oc12. The van der Waals surface area contributed by atoms with E-state index in [2.05, 4.69) is 4.74 Å². The van der Waals surface area contributed by atoms with Crippen molar-refractivity contribution in [1.29, 1.82) is 0 Å². The Hall–Kier alpha value is -3.92. The standard InChI is InChI=1S/C23H24N2O8/c1-30-23(29)32-18-12-7-10-16-19(18)33-22(28)25(20(16)26)13-6-5-11-17(24)21(27)31-14-15-8-3-2-4-9-15/h2-4,7-10,12,17H,5-6,11,13-14,24H2,1H3. The van der Waals surface area contributed by atoms with Gasteiger partial charge in [-0.2, -0.15) is 0 Å². The van der Waals surface area contributed by atoms with Crippen LogP contribution in [0, 0.1) is 0 Å². The van der Waals surface area contributed by atoms with E-state index in [-0.39, 0.29) is 29.9 Å². The van der Waals surface area contributed by atoms with Crippen LogP contribution in [0.1, 0.15) is 24.8 Å². The summed E-state index contributed by atoms with van der Waals surface area (Å²) in [6.07, 6.45) is 0.219. The first-order valence-electron chi connectivity index (χ1n) is 10.3. The fourth-order valence-corrected chi connectivity index (χ4v) is 3.15. The van der Waals surface area contributed by atoms with E-state index in [0.717, 1.165) is 17.2 Å². The first kappa shape index (κ1) is 23.7. The van der Waals surface area contributed by atoms with E-state index < -0.39 is 29.5 Å². The minimum absolute atomic E-state index is 0.0744. The zero-order chi connectivity index (χ0) is 23.8. The van der Waals surface area contributed by atoms with Crippen LogP contribution in [0.4, 0.5) is 4.79 Å². The van der Waals surface area contributed by atoms with Crippen molar-refractivity contribution in [3.63, 3.8) is 0 Å². The minimum atomic E-state index is -1.01. The summed E-state index contributed by atoms with van der Waals surface area (Å²) in [4.78, 5) is 48.5. The average Bonchev–Trinajstić information content (AvgIpc) is 2.82. The maximum absolute atomic E-state index is 12.7. The van der Waals surface area contributed by atoms with E-state index in [1.54, 1.807) is 0 Å². The number of hydrogen-bond acceptors (Lipinski definition) is 9. The number of rotatable bonds is 9. The van der Waals surface area contributed by atoms with E-state index in [1.165, 1.54) is 18.2 Å². The van der Waals surface area contributed by atoms with Gasteiger partial charge in [0.05, 0.1) is 12.5 Å². The summed E-state index contributed by atoms with van der Waals surface area (Å²) >= 11 is 0. The van der Waals surface area contributed by atoms with E-state index in [0.29, 0.717) is 19.3 Å². The molecule has 0 radical (unpaired) electrons. The number of unbranched alkanes of at least 4 members (excludes halogenated alkanes) is 1. The van der Waals surface area contributed by atoms with Crippen molar-refractivity contribution in [2.75, 3.05) is 7.11 Å². The van der Waals surface area contributed by atoms with Crippen molar-refractivity contribution in [2.45, 2.75) is 38.5 Å². The Morgan fingerprint density at radius 1 is 1.06 bits per heavy atom. The second kappa shape index (κ2) is 11.1. The van der Waals surface area contributed by atoms with Gasteiger partial charge in [-0.05, 0) is 37.0 Å². The molecule has 2 aromatic carbocycles. The number of ether oxygens (including phenoxy) is 3. The van der Waals surface area contributed by atoms with Gasteiger partial charge in [0.2, 0.25) is 0 Å². The van der Waals surface area contributed by atoms with Gasteiger partial charge in [0.1, 0.15) is 12.6 Å². The van der Waals surface area contributed by atoms with Gasteiger partial charge in [-0.15, -0.1) is 0 Å². The normalized spacial score (nSPS) is 11.7. The quantitative estimate of drug-likeness (QED) is 0.292. The molecule has 0 saturated heterocycles. The van der Waals surface area contributed by atoms with Gasteiger partial charge >= 0.3 is 17.9 Å². The van der Waals surface area contributed by atoms with Crippen molar-refractivity contribution < 1.29 is 28.2 Å². The molecular weight excluding hydrogens is 432 g/mol. The average molecular weight is 456 g/mol. The van der Waals surface area contributed by atoms with Gasteiger partial charge < -0.3 is 24.4 Å². The Bertz CT molecular complexity index is 1230. The van der Waals surface area contributed by atoms with Crippen molar-refractivity contribution in [3.8, 4) is 5.75 Å². The molecule has 1 unspecified atom stereocenters. The molecule has 0 amide bonds. The van der Waals surface area contributed by atoms with Gasteiger partial charge in [0.15, 0.2) is 11.3 Å². The number of benzene rings is 2. The van der Waals surface area contributed by atoms with Crippen LogP contribution >= 0.6 is 0 Å². The van der Waals surface area contributed by atoms with Gasteiger partial charge in [-0.1, -0.05) is 36.4 Å². The molecule has 3 rings (SSSR count). The Balaban J connectivity index is 1.57. The Morgan fingerprint density at radius 2 is 1.82 bits per heavy atom. The molecule has 174 valence electrons. The summed E-state index contributed by atoms with van der Waals surface area (Å²) in [6.45, 7) is 0.216. The van der Waals surface area contributed by atoms with Crippen molar-refractivity contribution in [2.24, 2.45) is 5.73 Å². The highest BCUT2D eigenvalue weighted by Crippen LogP contribution is 2.22. The summed E-state index contributed by atoms with van der Waals surface area (Å²) in [5.41, 5.74) is 6.03. The summed E-state index contributed by atoms with van der Waals surface area (Å²) in [6, 6.07) is 12.8. The Morgan fingerprint density at radius 3 is 2.55 bits per heavy atom. The maximum Gasteiger partial charge on any atom is 0.513 e. The van der Waals surface area contributed by atoms with Crippen LogP contribution in [0.25, 0.3) is 11.0 Å². The fourth-order valence-electron chi connectivity index (χ4n) is 3.15. The molecule has 0 fully saturated rings. The molecular formula is C23H24N2O8. The highest BCUT2D eigenvalue weighted by atomic mass is 16.7. The zero-order valence-electron chi connectivity index (χ0n) is 18.0. The van der Waals surface area contributed by atoms with Crippen LogP contribution in [0.2, 0.25) is 0 Å². The van der Waals surface area contributed by atoms with Gasteiger partial charge in [-0.25, -0.2) is 14.2 Å². The van der Waals surface area contributed by atoms with Crippen LogP contribution in [-0.4, -0.2) is 29.8 Å². The van der Waals surface area contributed by atoms with Gasteiger partial charge in [-0.3, -0.25) is 9.59 Å². The molecule has 0 aliphatic rings. The summed E-state index contributed by atoms with van der Waals surface area (Å²) in [7, 11) is 1.13. The number of carbonyl (C=O) groups is 2. The minimum Gasteiger partial charge on any atom is -0.460 e. The Labute approximate surface area is 188 Å². The topological polar surface area (TPSA) is 140 Å². The number of aromatic nitrogens is 1. The molecule has 0 aliphatic heterocycles. The summed E-state index contributed by atoms with van der Waals surface area (Å²) in [5, 5.41) is 0.0807. The van der Waals surface area contributed by atoms with Gasteiger partial charge in [0.25, 0.3) is 5.56 Å². The van der Waals surface area contributed by atoms with E-state index in [4.69, 9.17) is 19.6 Å². The second-order valence-electron chi connectivity index (χ2n) is 7.21. The fraction of sp³-hybridized carbons (Fsp3) is 0.304. The first-order chi connectivity index (χ1) is 15.9. The zero-order valence-corrected chi connectivity index (χ0v) is 18.0. The van der Waals surface area contributed by atoms with Crippen molar-refractivity contribution in [3.05, 3.63) is 75.0 Å². The third kappa shape index (κ3) is 6.07. The molecule has 0 saturated carbocycles. The number of methoxy groups -OCH3 is 1. The number of para-hydroxylation sites is 1. The van der Waals surface area contributed by atoms with Gasteiger partial charge in [0, 0.05) is 6.54 Å². The number of nitrogens with two attached hydrogens (primary N) is 1. The third-order valence-electron chi connectivity index (χ3n) is 4.90. The Kier molecular flexibility index (Phi) is 7.98. The van der Waals surface area contributed by atoms with Crippen molar-refractivity contribution >= 4 is 23.1 Å². The molecule has 33 heavy (non-hydrogen) atoms. The maximum atomic E-state index is 12.7. The van der Waals surface area contributed by atoms with Crippen LogP contribution in [0.5, 0.6) is 5.75 Å². The monoisotopic (exact) mass is 456 g/mol. The molecule has 10 heteroatoms. The number of nitrogens with zero attached hydrogens (tertiary/aromatic N) is 1. The van der Waals surface area contributed by atoms with Crippen LogP contribution in [0.15, 0.2) is 62.5 Å². The number of carbonyl (C=O) groups excluding carboxylic acids is 2. The third-order valence-corrected chi connectivity index (χ3v) is 4.90. The molecule has 1 atom stereocenters. The summed E-state index contributed by atoms with van der Waals surface area (Å²) in [5.74, 6) is -1.50. The van der Waals surface area contributed by atoms with E-state index in [1.807, 2.05) is 30.3 Å². The molecule has 1 heterocycles. The number of hydrogen-bond donors (Lipinski definition) is 1. The number of fused-ring (bicyclic) bond motifs is 1.